The third kappa shape index (κ3) is 2.22. The molecule has 146 valence electrons. The van der Waals surface area contributed by atoms with Gasteiger partial charge in [0, 0.05) is 35.8 Å². The number of benzene rings is 2. The van der Waals surface area contributed by atoms with Gasteiger partial charge in [0.05, 0.1) is 17.2 Å². The number of cyclic esters (lactones) is 1. The van der Waals surface area contributed by atoms with Crippen LogP contribution in [0.15, 0.2) is 36.5 Å². The zero-order valence-electron chi connectivity index (χ0n) is 15.2. The monoisotopic (exact) mass is 397 g/mol. The van der Waals surface area contributed by atoms with Crippen LogP contribution in [-0.4, -0.2) is 22.0 Å². The summed E-state index contributed by atoms with van der Waals surface area (Å²) in [5, 5.41) is 9.41. The Morgan fingerprint density at radius 3 is 2.69 bits per heavy atom. The molecule has 2 aliphatic heterocycles. The number of aromatic nitrogens is 1. The van der Waals surface area contributed by atoms with Crippen LogP contribution in [-0.2, 0) is 23.6 Å². The number of fused-ring (bicyclic) bond motifs is 4. The molecule has 2 aromatic carbocycles. The van der Waals surface area contributed by atoms with Crippen molar-refractivity contribution < 1.29 is 22.7 Å². The van der Waals surface area contributed by atoms with E-state index >= 15 is 0 Å². The van der Waals surface area contributed by atoms with Crippen molar-refractivity contribution in [3.05, 3.63) is 69.9 Å². The minimum atomic E-state index is -4.87. The van der Waals surface area contributed by atoms with Crippen LogP contribution in [0.25, 0.3) is 10.9 Å². The van der Waals surface area contributed by atoms with Crippen LogP contribution in [0.5, 0.6) is 0 Å². The van der Waals surface area contributed by atoms with E-state index in [1.165, 1.54) is 6.07 Å². The summed E-state index contributed by atoms with van der Waals surface area (Å²) in [4.78, 5) is 16.7. The fraction of sp³-hybridized carbons (Fsp3) is 0.238. The van der Waals surface area contributed by atoms with Crippen LogP contribution in [0.1, 0.15) is 38.2 Å². The third-order valence-electron chi connectivity index (χ3n) is 5.73. The van der Waals surface area contributed by atoms with E-state index < -0.39 is 17.9 Å². The number of carbonyl (C=O) groups is 1. The SMILES string of the molecule is Cc1cc2c(c3cc[nH]c13)C(N1Cc3ccc(C#N)cc3C1)(C(F)(F)F)OC2=O. The van der Waals surface area contributed by atoms with Crippen LogP contribution in [0.3, 0.4) is 0 Å². The summed E-state index contributed by atoms with van der Waals surface area (Å²) < 4.78 is 49.1. The third-order valence-corrected chi connectivity index (χ3v) is 5.73. The van der Waals surface area contributed by atoms with E-state index in [9.17, 15) is 18.0 Å². The lowest BCUT2D eigenvalue weighted by molar-refractivity contribution is -0.319. The van der Waals surface area contributed by atoms with Gasteiger partial charge in [-0.1, -0.05) is 6.07 Å². The second-order valence-electron chi connectivity index (χ2n) is 7.37. The number of ether oxygens (including phenoxy) is 1. The Hall–Kier alpha value is -3.31. The predicted octanol–water partition coefficient (Wildman–Crippen LogP) is 4.25. The normalized spacial score (nSPS) is 21.1. The number of hydrogen-bond donors (Lipinski definition) is 1. The number of rotatable bonds is 1. The quantitative estimate of drug-likeness (QED) is 0.624. The van der Waals surface area contributed by atoms with Gasteiger partial charge in [-0.3, -0.25) is 0 Å². The van der Waals surface area contributed by atoms with E-state index in [2.05, 4.69) is 4.98 Å². The molecule has 1 unspecified atom stereocenters. The molecule has 5 nitrogen and oxygen atoms in total. The summed E-state index contributed by atoms with van der Waals surface area (Å²) in [7, 11) is 0. The summed E-state index contributed by atoms with van der Waals surface area (Å²) in [6.07, 6.45) is -3.31. The molecule has 29 heavy (non-hydrogen) atoms. The zero-order chi connectivity index (χ0) is 20.6. The molecule has 8 heteroatoms. The standard InChI is InChI=1S/C21H14F3N3O2/c1-11-6-16-17(15-4-5-26-18(11)15)20(21(22,23)24,29-19(16)28)27-9-13-3-2-12(8-25)7-14(13)10-27/h2-7,26H,9-10H2,1H3. The largest absolute Gasteiger partial charge is 0.448 e. The number of hydrogen-bond acceptors (Lipinski definition) is 4. The Morgan fingerprint density at radius 2 is 1.97 bits per heavy atom. The maximum atomic E-state index is 14.6. The average Bonchev–Trinajstić information content (AvgIpc) is 3.36. The topological polar surface area (TPSA) is 69.1 Å². The number of H-pyrrole nitrogens is 1. The molecule has 0 saturated carbocycles. The van der Waals surface area contributed by atoms with Gasteiger partial charge in [-0.25, -0.2) is 9.69 Å². The smallest absolute Gasteiger partial charge is 0.426 e. The number of alkyl halides is 3. The van der Waals surface area contributed by atoms with Crippen molar-refractivity contribution in [3.63, 3.8) is 0 Å². The van der Waals surface area contributed by atoms with Crippen molar-refractivity contribution in [3.8, 4) is 6.07 Å². The highest BCUT2D eigenvalue weighted by molar-refractivity contribution is 6.03. The lowest BCUT2D eigenvalue weighted by Crippen LogP contribution is -2.54. The van der Waals surface area contributed by atoms with Gasteiger partial charge >= 0.3 is 12.1 Å². The lowest BCUT2D eigenvalue weighted by atomic mass is 9.92. The Bertz CT molecular complexity index is 1240. The molecule has 3 aromatic rings. The minimum Gasteiger partial charge on any atom is -0.426 e. The van der Waals surface area contributed by atoms with Crippen molar-refractivity contribution in [2.45, 2.75) is 31.9 Å². The van der Waals surface area contributed by atoms with Gasteiger partial charge in [-0.05, 0) is 47.9 Å². The molecule has 0 amide bonds. The van der Waals surface area contributed by atoms with Gasteiger partial charge in [-0.15, -0.1) is 0 Å². The number of carbonyl (C=O) groups excluding carboxylic acids is 1. The molecule has 5 rings (SSSR count). The first-order valence-corrected chi connectivity index (χ1v) is 8.94. The number of nitrogens with zero attached hydrogens (tertiary/aromatic N) is 2. The Labute approximate surface area is 163 Å². The van der Waals surface area contributed by atoms with Crippen LogP contribution in [0.4, 0.5) is 13.2 Å². The fourth-order valence-corrected chi connectivity index (χ4v) is 4.46. The predicted molar refractivity (Wildman–Crippen MR) is 96.6 cm³/mol. The highest BCUT2D eigenvalue weighted by Gasteiger charge is 2.68. The number of halogens is 3. The molecule has 0 bridgehead atoms. The van der Waals surface area contributed by atoms with Gasteiger partial charge < -0.3 is 9.72 Å². The van der Waals surface area contributed by atoms with Gasteiger partial charge in [0.15, 0.2) is 0 Å². The molecule has 0 fully saturated rings. The van der Waals surface area contributed by atoms with Crippen molar-refractivity contribution >= 4 is 16.9 Å². The number of nitrogens with one attached hydrogen (secondary N) is 1. The first kappa shape index (κ1) is 17.8. The fourth-order valence-electron chi connectivity index (χ4n) is 4.46. The maximum Gasteiger partial charge on any atom is 0.448 e. The van der Waals surface area contributed by atoms with E-state index in [0.717, 1.165) is 4.90 Å². The van der Waals surface area contributed by atoms with Gasteiger partial charge in [0.25, 0.3) is 5.72 Å². The molecule has 2 aliphatic rings. The Balaban J connectivity index is 1.75. The number of nitriles is 1. The highest BCUT2D eigenvalue weighted by Crippen LogP contribution is 2.54. The van der Waals surface area contributed by atoms with E-state index in [4.69, 9.17) is 10.00 Å². The summed E-state index contributed by atoms with van der Waals surface area (Å²) in [6.45, 7) is 1.60. The molecule has 3 heterocycles. The summed E-state index contributed by atoms with van der Waals surface area (Å²) in [5.74, 6) is -0.989. The second kappa shape index (κ2) is 5.61. The summed E-state index contributed by atoms with van der Waals surface area (Å²) in [5.41, 5.74) is -0.255. The van der Waals surface area contributed by atoms with E-state index in [-0.39, 0.29) is 24.2 Å². The van der Waals surface area contributed by atoms with Crippen LogP contribution >= 0.6 is 0 Å². The van der Waals surface area contributed by atoms with Gasteiger partial charge in [0.1, 0.15) is 0 Å². The molecular weight excluding hydrogens is 383 g/mol. The summed E-state index contributed by atoms with van der Waals surface area (Å²) >= 11 is 0. The molecule has 1 atom stereocenters. The van der Waals surface area contributed by atoms with Crippen molar-refractivity contribution in [2.75, 3.05) is 0 Å². The van der Waals surface area contributed by atoms with Crippen LogP contribution < -0.4 is 0 Å². The van der Waals surface area contributed by atoms with E-state index in [1.807, 2.05) is 6.07 Å². The molecule has 1 aromatic heterocycles. The zero-order valence-corrected chi connectivity index (χ0v) is 15.2. The molecule has 0 radical (unpaired) electrons. The number of esters is 1. The van der Waals surface area contributed by atoms with Crippen molar-refractivity contribution in [2.24, 2.45) is 0 Å². The van der Waals surface area contributed by atoms with Crippen molar-refractivity contribution in [1.82, 2.24) is 9.88 Å². The average molecular weight is 397 g/mol. The van der Waals surface area contributed by atoms with Gasteiger partial charge in [0.2, 0.25) is 0 Å². The Kier molecular flexibility index (Phi) is 3.44. The lowest BCUT2D eigenvalue weighted by Gasteiger charge is -2.39. The highest BCUT2D eigenvalue weighted by atomic mass is 19.4. The number of aromatic amines is 1. The molecule has 0 spiro atoms. The maximum absolute atomic E-state index is 14.6. The first-order chi connectivity index (χ1) is 13.8. The van der Waals surface area contributed by atoms with Crippen molar-refractivity contribution in [1.29, 1.82) is 5.26 Å². The minimum absolute atomic E-state index is 0.0485. The van der Waals surface area contributed by atoms with Crippen LogP contribution in [0.2, 0.25) is 0 Å². The van der Waals surface area contributed by atoms with Gasteiger partial charge in [-0.2, -0.15) is 18.4 Å². The first-order valence-electron chi connectivity index (χ1n) is 8.94. The molecule has 0 aliphatic carbocycles. The molecule has 1 N–H and O–H groups in total. The molecular formula is C21H14F3N3O2. The van der Waals surface area contributed by atoms with Crippen LogP contribution in [0, 0.1) is 18.3 Å². The Morgan fingerprint density at radius 1 is 1.21 bits per heavy atom. The van der Waals surface area contributed by atoms with E-state index in [0.29, 0.717) is 33.2 Å². The number of aryl methyl sites for hydroxylation is 1. The summed E-state index contributed by atoms with van der Waals surface area (Å²) in [6, 6.07) is 9.79. The second-order valence-corrected chi connectivity index (χ2v) is 7.37. The van der Waals surface area contributed by atoms with E-state index in [1.54, 1.807) is 37.4 Å². The molecule has 0 saturated heterocycles.